The van der Waals surface area contributed by atoms with Gasteiger partial charge in [-0.1, -0.05) is 6.58 Å². The van der Waals surface area contributed by atoms with Crippen molar-refractivity contribution in [2.45, 2.75) is 4.90 Å². The second-order valence-corrected chi connectivity index (χ2v) is 4.45. The van der Waals surface area contributed by atoms with E-state index in [1.807, 2.05) is 0 Å². The summed E-state index contributed by atoms with van der Waals surface area (Å²) in [7, 11) is -3.99. The van der Waals surface area contributed by atoms with Crippen LogP contribution < -0.4 is 5.32 Å². The molecule has 0 saturated heterocycles. The monoisotopic (exact) mass is 252 g/mol. The molecular formula is C9H8N4O3S. The molecule has 0 fully saturated rings. The number of carbonyl (C=O) groups excluding carboxylic acids is 1. The van der Waals surface area contributed by atoms with E-state index in [-0.39, 0.29) is 4.90 Å². The van der Waals surface area contributed by atoms with Gasteiger partial charge in [-0.2, -0.15) is 0 Å². The Bertz CT molecular complexity index is 585. The van der Waals surface area contributed by atoms with Crippen molar-refractivity contribution in [2.75, 3.05) is 5.32 Å². The summed E-state index contributed by atoms with van der Waals surface area (Å²) in [5.74, 6) is -0.407. The molecule has 1 aromatic rings. The number of hydrogen-bond donors (Lipinski definition) is 1. The van der Waals surface area contributed by atoms with Crippen LogP contribution in [0.3, 0.4) is 0 Å². The predicted molar refractivity (Wildman–Crippen MR) is 61.6 cm³/mol. The van der Waals surface area contributed by atoms with Crippen LogP contribution in [0.5, 0.6) is 0 Å². The number of anilines is 1. The van der Waals surface area contributed by atoms with E-state index in [0.717, 1.165) is 6.08 Å². The van der Waals surface area contributed by atoms with Crippen molar-refractivity contribution in [2.24, 2.45) is 4.52 Å². The fourth-order valence-electron chi connectivity index (χ4n) is 0.999. The lowest BCUT2D eigenvalue weighted by molar-refractivity contribution is -0.111. The van der Waals surface area contributed by atoms with Crippen molar-refractivity contribution in [1.82, 2.24) is 0 Å². The van der Waals surface area contributed by atoms with Gasteiger partial charge in [-0.3, -0.25) is 4.79 Å². The summed E-state index contributed by atoms with van der Waals surface area (Å²) < 4.78 is 25.3. The van der Waals surface area contributed by atoms with E-state index in [9.17, 15) is 13.2 Å². The zero-order valence-electron chi connectivity index (χ0n) is 8.57. The summed E-state index contributed by atoms with van der Waals surface area (Å²) in [5, 5.41) is 2.45. The van der Waals surface area contributed by atoms with E-state index in [1.165, 1.54) is 24.3 Å². The lowest BCUT2D eigenvalue weighted by Crippen LogP contribution is -2.07. The number of sulfonamides is 1. The number of nitrogens with one attached hydrogen (secondary N) is 1. The highest BCUT2D eigenvalue weighted by Gasteiger charge is 2.11. The summed E-state index contributed by atoms with van der Waals surface area (Å²) in [4.78, 5) is 13.0. The first kappa shape index (κ1) is 12.8. The number of benzene rings is 1. The molecule has 1 amide bonds. The largest absolute Gasteiger partial charge is 0.323 e. The van der Waals surface area contributed by atoms with Crippen molar-refractivity contribution >= 4 is 21.6 Å². The molecule has 7 nitrogen and oxygen atoms in total. The van der Waals surface area contributed by atoms with E-state index in [2.05, 4.69) is 21.3 Å². The van der Waals surface area contributed by atoms with E-state index in [4.69, 9.17) is 5.53 Å². The van der Waals surface area contributed by atoms with Crippen molar-refractivity contribution in [3.63, 3.8) is 0 Å². The molecule has 0 spiro atoms. The zero-order valence-corrected chi connectivity index (χ0v) is 9.38. The van der Waals surface area contributed by atoms with Gasteiger partial charge in [0, 0.05) is 15.1 Å². The summed E-state index contributed by atoms with van der Waals surface area (Å²) in [5.41, 5.74) is 8.49. The predicted octanol–water partition coefficient (Wildman–Crippen LogP) is 1.81. The lowest BCUT2D eigenvalue weighted by atomic mass is 10.3. The van der Waals surface area contributed by atoms with E-state index >= 15 is 0 Å². The molecule has 8 heteroatoms. The zero-order chi connectivity index (χ0) is 12.9. The minimum Gasteiger partial charge on any atom is -0.323 e. The van der Waals surface area contributed by atoms with Crippen LogP contribution in [0.15, 0.2) is 46.3 Å². The van der Waals surface area contributed by atoms with Gasteiger partial charge in [0.1, 0.15) is 0 Å². The third-order valence-corrected chi connectivity index (χ3v) is 2.91. The maximum Gasteiger partial charge on any atom is 0.264 e. The molecule has 0 aliphatic carbocycles. The summed E-state index contributed by atoms with van der Waals surface area (Å²) in [6.45, 7) is 3.27. The number of rotatable bonds is 4. The summed E-state index contributed by atoms with van der Waals surface area (Å²) in [6, 6.07) is 5.20. The molecular weight excluding hydrogens is 244 g/mol. The minimum absolute atomic E-state index is 0.146. The second kappa shape index (κ2) is 5.15. The number of hydrogen-bond acceptors (Lipinski definition) is 3. The van der Waals surface area contributed by atoms with Crippen molar-refractivity contribution in [3.05, 3.63) is 47.4 Å². The Morgan fingerprint density at radius 3 is 2.47 bits per heavy atom. The molecule has 1 N–H and O–H groups in total. The van der Waals surface area contributed by atoms with Gasteiger partial charge in [0.05, 0.1) is 4.90 Å². The quantitative estimate of drug-likeness (QED) is 0.381. The average molecular weight is 252 g/mol. The first-order chi connectivity index (χ1) is 7.99. The fourth-order valence-corrected chi connectivity index (χ4v) is 1.67. The Labute approximate surface area is 97.4 Å². The molecule has 0 atom stereocenters. The Morgan fingerprint density at radius 2 is 2.00 bits per heavy atom. The van der Waals surface area contributed by atoms with Crippen molar-refractivity contribution in [3.8, 4) is 0 Å². The molecule has 0 saturated carbocycles. The Balaban J connectivity index is 3.00. The van der Waals surface area contributed by atoms with Crippen LogP contribution in [0.2, 0.25) is 0 Å². The Hall–Kier alpha value is -2.31. The van der Waals surface area contributed by atoms with Crippen LogP contribution in [-0.4, -0.2) is 14.3 Å². The first-order valence-electron chi connectivity index (χ1n) is 4.34. The van der Waals surface area contributed by atoms with E-state index < -0.39 is 15.9 Å². The van der Waals surface area contributed by atoms with Gasteiger partial charge in [0.15, 0.2) is 0 Å². The molecule has 1 rings (SSSR count). The maximum absolute atomic E-state index is 11.3. The Morgan fingerprint density at radius 1 is 1.41 bits per heavy atom. The van der Waals surface area contributed by atoms with Crippen molar-refractivity contribution in [1.29, 1.82) is 0 Å². The van der Waals surface area contributed by atoms with Gasteiger partial charge in [-0.15, -0.1) is 0 Å². The topological polar surface area (TPSA) is 112 Å². The molecule has 0 heterocycles. The normalized spacial score (nSPS) is 10.1. The molecule has 0 radical (unpaired) electrons. The van der Waals surface area contributed by atoms with Gasteiger partial charge in [-0.05, 0) is 35.9 Å². The number of nitrogens with zero attached hydrogens (tertiary/aromatic N) is 3. The molecule has 0 aromatic heterocycles. The SMILES string of the molecule is C=CC(=O)Nc1ccc(S(=O)(=O)N=[N+]=[N-])cc1. The van der Waals surface area contributed by atoms with Gasteiger partial charge >= 0.3 is 0 Å². The average Bonchev–Trinajstić information content (AvgIpc) is 2.29. The van der Waals surface area contributed by atoms with Gasteiger partial charge < -0.3 is 5.32 Å². The van der Waals surface area contributed by atoms with Gasteiger partial charge in [0.25, 0.3) is 10.0 Å². The molecule has 0 bridgehead atoms. The highest BCUT2D eigenvalue weighted by atomic mass is 32.2. The van der Waals surface area contributed by atoms with E-state index in [1.54, 1.807) is 0 Å². The standard InChI is InChI=1S/C9H8N4O3S/c1-2-9(14)11-7-3-5-8(6-4-7)17(15,16)13-12-10/h2-6H,1H2,(H,11,14). The maximum atomic E-state index is 11.3. The van der Waals surface area contributed by atoms with Gasteiger partial charge in [0.2, 0.25) is 5.91 Å². The molecule has 0 unspecified atom stereocenters. The van der Waals surface area contributed by atoms with Crippen LogP contribution in [0.4, 0.5) is 5.69 Å². The van der Waals surface area contributed by atoms with Crippen LogP contribution >= 0.6 is 0 Å². The molecule has 17 heavy (non-hydrogen) atoms. The van der Waals surface area contributed by atoms with Crippen LogP contribution in [0.25, 0.3) is 10.4 Å². The third-order valence-electron chi connectivity index (χ3n) is 1.75. The molecule has 0 aliphatic rings. The van der Waals surface area contributed by atoms with Crippen LogP contribution in [0.1, 0.15) is 0 Å². The fraction of sp³-hybridized carbons (Fsp3) is 0. The van der Waals surface area contributed by atoms with Crippen molar-refractivity contribution < 1.29 is 13.2 Å². The Kier molecular flexibility index (Phi) is 3.86. The molecule has 1 aromatic carbocycles. The summed E-state index contributed by atoms with van der Waals surface area (Å²) in [6.07, 6.45) is 1.09. The smallest absolute Gasteiger partial charge is 0.264 e. The molecule has 88 valence electrons. The summed E-state index contributed by atoms with van der Waals surface area (Å²) >= 11 is 0. The first-order valence-corrected chi connectivity index (χ1v) is 5.78. The van der Waals surface area contributed by atoms with Crippen LogP contribution in [-0.2, 0) is 14.8 Å². The third kappa shape index (κ3) is 3.33. The second-order valence-electron chi connectivity index (χ2n) is 2.86. The molecule has 0 aliphatic heterocycles. The van der Waals surface area contributed by atoms with Gasteiger partial charge in [-0.25, -0.2) is 8.42 Å². The van der Waals surface area contributed by atoms with E-state index in [0.29, 0.717) is 5.69 Å². The minimum atomic E-state index is -3.99. The highest BCUT2D eigenvalue weighted by molar-refractivity contribution is 7.90. The number of carbonyl (C=O) groups is 1. The highest BCUT2D eigenvalue weighted by Crippen LogP contribution is 2.16. The lowest BCUT2D eigenvalue weighted by Gasteiger charge is -2.02. The van der Waals surface area contributed by atoms with Crippen LogP contribution in [0, 0.1) is 0 Å². The number of azide groups is 1. The number of amides is 1.